The van der Waals surface area contributed by atoms with Crippen molar-refractivity contribution in [3.63, 3.8) is 0 Å². The molecule has 0 aliphatic rings. The SMILES string of the molecule is CCOP(=O)([C-]=[N+]=[N-])OCC.[Ag+]. The molecule has 12 heavy (non-hydrogen) atoms. The summed E-state index contributed by atoms with van der Waals surface area (Å²) in [4.78, 5) is 2.48. The van der Waals surface area contributed by atoms with Crippen LogP contribution in [0.4, 0.5) is 0 Å². The van der Waals surface area contributed by atoms with Gasteiger partial charge in [0.1, 0.15) is 0 Å². The molecule has 0 N–H and O–H groups in total. The van der Waals surface area contributed by atoms with Gasteiger partial charge < -0.3 is 19.4 Å². The predicted molar refractivity (Wildman–Crippen MR) is 39.5 cm³/mol. The quantitative estimate of drug-likeness (QED) is 0.191. The van der Waals surface area contributed by atoms with Crippen LogP contribution in [-0.4, -0.2) is 24.0 Å². The van der Waals surface area contributed by atoms with Crippen molar-refractivity contribution in [1.82, 2.24) is 0 Å². The van der Waals surface area contributed by atoms with E-state index < -0.39 is 7.60 Å². The van der Waals surface area contributed by atoms with Gasteiger partial charge in [0.15, 0.2) is 0 Å². The van der Waals surface area contributed by atoms with Crippen molar-refractivity contribution in [2.24, 2.45) is 0 Å². The van der Waals surface area contributed by atoms with E-state index in [4.69, 9.17) is 5.53 Å². The predicted octanol–water partition coefficient (Wildman–Crippen LogP) is 1.39. The van der Waals surface area contributed by atoms with Gasteiger partial charge in [-0.1, -0.05) is 0 Å². The second-order valence-electron chi connectivity index (χ2n) is 1.53. The van der Waals surface area contributed by atoms with Crippen molar-refractivity contribution in [3.05, 3.63) is 5.53 Å². The van der Waals surface area contributed by atoms with Crippen LogP contribution in [0, 0.1) is 0 Å². The van der Waals surface area contributed by atoms with E-state index in [0.717, 1.165) is 0 Å². The van der Waals surface area contributed by atoms with Crippen LogP contribution in [0.15, 0.2) is 0 Å². The van der Waals surface area contributed by atoms with Gasteiger partial charge in [0.2, 0.25) is 0 Å². The van der Waals surface area contributed by atoms with Crippen LogP contribution in [-0.2, 0) is 36.0 Å². The Morgan fingerprint density at radius 3 is 2.08 bits per heavy atom. The first-order valence-corrected chi connectivity index (χ1v) is 4.73. The molecule has 0 rings (SSSR count). The standard InChI is InChI=1S/C5H10N2O3P.Ag/c1-3-9-11(8,5-7-6)10-4-2;/h3-4H2,1-2H3;/q-1;+1. The third-order valence-corrected chi connectivity index (χ3v) is 2.30. The molecule has 0 heterocycles. The maximum atomic E-state index is 11.2. The smallest absolute Gasteiger partial charge is 0.407 e. The maximum Gasteiger partial charge on any atom is 1.00 e. The number of hydrogen-bond donors (Lipinski definition) is 0. The van der Waals surface area contributed by atoms with E-state index in [0.29, 0.717) is 0 Å². The van der Waals surface area contributed by atoms with Gasteiger partial charge >= 0.3 is 22.4 Å². The molecule has 0 aliphatic carbocycles. The second-order valence-corrected chi connectivity index (χ2v) is 3.24. The summed E-state index contributed by atoms with van der Waals surface area (Å²) in [6, 6.07) is 0. The van der Waals surface area contributed by atoms with Crippen LogP contribution in [0.25, 0.3) is 5.53 Å². The fraction of sp³-hybridized carbons (Fsp3) is 0.800. The first-order chi connectivity index (χ1) is 5.18. The zero-order valence-electron chi connectivity index (χ0n) is 6.78. The molecule has 0 aromatic rings. The van der Waals surface area contributed by atoms with Gasteiger partial charge in [0, 0.05) is 0 Å². The Bertz CT molecular complexity index is 195. The van der Waals surface area contributed by atoms with E-state index in [2.05, 4.69) is 13.8 Å². The molecule has 74 valence electrons. The third kappa shape index (κ3) is 5.86. The molecule has 0 aromatic carbocycles. The van der Waals surface area contributed by atoms with Gasteiger partial charge in [-0.25, -0.2) is 0 Å². The summed E-state index contributed by atoms with van der Waals surface area (Å²) in [5.74, 6) is 1.85. The minimum atomic E-state index is -3.39. The largest absolute Gasteiger partial charge is 1.00 e. The second kappa shape index (κ2) is 7.90. The minimum absolute atomic E-state index is 0. The summed E-state index contributed by atoms with van der Waals surface area (Å²) in [7, 11) is -3.39. The zero-order chi connectivity index (χ0) is 8.74. The summed E-state index contributed by atoms with van der Waals surface area (Å²) in [6.45, 7) is 3.76. The van der Waals surface area contributed by atoms with Crippen LogP contribution in [0.3, 0.4) is 0 Å². The molecule has 0 saturated heterocycles. The fourth-order valence-electron chi connectivity index (χ4n) is 0.490. The molecule has 0 radical (unpaired) electrons. The van der Waals surface area contributed by atoms with Crippen molar-refractivity contribution in [2.45, 2.75) is 13.8 Å². The van der Waals surface area contributed by atoms with Crippen LogP contribution >= 0.6 is 7.60 Å². The van der Waals surface area contributed by atoms with Crippen molar-refractivity contribution < 1.29 is 40.8 Å². The van der Waals surface area contributed by atoms with E-state index in [1.165, 1.54) is 0 Å². The molecule has 0 spiro atoms. The Kier molecular flexibility index (Phi) is 9.72. The molecule has 0 fully saturated rings. The first kappa shape index (κ1) is 14.8. The normalized spacial score (nSPS) is 9.83. The molecule has 0 aromatic heterocycles. The Morgan fingerprint density at radius 1 is 1.42 bits per heavy atom. The summed E-state index contributed by atoms with van der Waals surface area (Å²) in [6.07, 6.45) is 0. The first-order valence-electron chi connectivity index (χ1n) is 3.19. The topological polar surface area (TPSA) is 71.9 Å². The van der Waals surface area contributed by atoms with Crippen molar-refractivity contribution in [2.75, 3.05) is 13.2 Å². The van der Waals surface area contributed by atoms with Crippen LogP contribution in [0.2, 0.25) is 0 Å². The summed E-state index contributed by atoms with van der Waals surface area (Å²) in [5, 5.41) is 0. The van der Waals surface area contributed by atoms with Gasteiger partial charge in [-0.3, -0.25) is 4.57 Å². The molecular weight excluding hydrogens is 275 g/mol. The molecule has 0 amide bonds. The minimum Gasteiger partial charge on any atom is -0.407 e. The zero-order valence-corrected chi connectivity index (χ0v) is 9.16. The van der Waals surface area contributed by atoms with Gasteiger partial charge in [-0.15, -0.1) is 0 Å². The van der Waals surface area contributed by atoms with E-state index in [1.54, 1.807) is 13.8 Å². The molecule has 0 atom stereocenters. The Balaban J connectivity index is 0. The summed E-state index contributed by atoms with van der Waals surface area (Å²) in [5.41, 5.74) is 8.04. The summed E-state index contributed by atoms with van der Waals surface area (Å²) >= 11 is 0. The average Bonchev–Trinajstić information content (AvgIpc) is 1.88. The fourth-order valence-corrected chi connectivity index (χ4v) is 1.47. The van der Waals surface area contributed by atoms with Gasteiger partial charge in [0.25, 0.3) is 7.60 Å². The third-order valence-electron chi connectivity index (χ3n) is 0.765. The van der Waals surface area contributed by atoms with Crippen molar-refractivity contribution in [3.8, 4) is 0 Å². The molecular formula is C5H10AgN2O3P. The van der Waals surface area contributed by atoms with Crippen LogP contribution in [0.5, 0.6) is 0 Å². The average molecular weight is 285 g/mol. The van der Waals surface area contributed by atoms with E-state index in [1.807, 2.05) is 5.96 Å². The molecule has 0 saturated carbocycles. The van der Waals surface area contributed by atoms with Gasteiger partial charge in [0.05, 0.1) is 19.2 Å². The van der Waals surface area contributed by atoms with Crippen molar-refractivity contribution >= 4 is 13.6 Å². The molecule has 0 unspecified atom stereocenters. The monoisotopic (exact) mass is 284 g/mol. The van der Waals surface area contributed by atoms with Crippen LogP contribution < -0.4 is 0 Å². The van der Waals surface area contributed by atoms with Gasteiger partial charge in [-0.2, -0.15) is 0 Å². The molecule has 5 nitrogen and oxygen atoms in total. The van der Waals surface area contributed by atoms with E-state index >= 15 is 0 Å². The molecule has 7 heteroatoms. The van der Waals surface area contributed by atoms with Crippen molar-refractivity contribution in [1.29, 1.82) is 0 Å². The van der Waals surface area contributed by atoms with E-state index in [9.17, 15) is 4.57 Å². The molecule has 0 aliphatic heterocycles. The number of hydrogen-bond acceptors (Lipinski definition) is 3. The Morgan fingerprint density at radius 2 is 1.83 bits per heavy atom. The Hall–Kier alpha value is 0.270. The number of nitrogens with zero attached hydrogens (tertiary/aromatic N) is 2. The maximum absolute atomic E-state index is 11.2. The number of rotatable bonds is 5. The Labute approximate surface area is 87.1 Å². The van der Waals surface area contributed by atoms with Crippen LogP contribution in [0.1, 0.15) is 13.8 Å². The summed E-state index contributed by atoms with van der Waals surface area (Å²) < 4.78 is 20.6. The van der Waals surface area contributed by atoms with E-state index in [-0.39, 0.29) is 35.6 Å². The molecule has 0 bridgehead atoms. The van der Waals surface area contributed by atoms with Gasteiger partial charge in [-0.05, 0) is 13.8 Å².